The first-order chi connectivity index (χ1) is 10.7. The standard InChI is InChI=1S/C17H23ClN2O2/c1-14-19-9-11-20(14)10-5-3-4-6-12-22-17-8-7-15(21-2)13-16(17)18/h7-9,11,13H,3-6,10,12H2,1-2H3. The lowest BCUT2D eigenvalue weighted by atomic mass is 10.2. The third-order valence-corrected chi connectivity index (χ3v) is 3.91. The molecule has 1 aromatic carbocycles. The molecule has 0 spiro atoms. The molecule has 0 bridgehead atoms. The molecule has 1 aromatic heterocycles. The van der Waals surface area contributed by atoms with E-state index in [-0.39, 0.29) is 0 Å². The van der Waals surface area contributed by atoms with Crippen LogP contribution in [0.5, 0.6) is 11.5 Å². The van der Waals surface area contributed by atoms with Gasteiger partial charge in [-0.25, -0.2) is 4.98 Å². The van der Waals surface area contributed by atoms with Gasteiger partial charge in [0.15, 0.2) is 0 Å². The molecule has 4 nitrogen and oxygen atoms in total. The number of imidazole rings is 1. The highest BCUT2D eigenvalue weighted by Crippen LogP contribution is 2.28. The Kier molecular flexibility index (Phi) is 6.59. The Morgan fingerprint density at radius 3 is 2.68 bits per heavy atom. The maximum atomic E-state index is 6.13. The van der Waals surface area contributed by atoms with Gasteiger partial charge in [0, 0.05) is 25.0 Å². The van der Waals surface area contributed by atoms with Gasteiger partial charge in [-0.05, 0) is 31.9 Å². The molecule has 0 saturated heterocycles. The Morgan fingerprint density at radius 1 is 1.18 bits per heavy atom. The van der Waals surface area contributed by atoms with Crippen LogP contribution in [0.15, 0.2) is 30.6 Å². The minimum absolute atomic E-state index is 0.593. The van der Waals surface area contributed by atoms with Crippen molar-refractivity contribution < 1.29 is 9.47 Å². The van der Waals surface area contributed by atoms with Crippen LogP contribution in [0.25, 0.3) is 0 Å². The molecular formula is C17H23ClN2O2. The van der Waals surface area contributed by atoms with E-state index in [1.807, 2.05) is 31.5 Å². The fourth-order valence-electron chi connectivity index (χ4n) is 2.29. The summed E-state index contributed by atoms with van der Waals surface area (Å²) in [5, 5.41) is 0.593. The third kappa shape index (κ3) is 4.95. The topological polar surface area (TPSA) is 36.3 Å². The van der Waals surface area contributed by atoms with Crippen LogP contribution in [-0.2, 0) is 6.54 Å². The summed E-state index contributed by atoms with van der Waals surface area (Å²) in [6.07, 6.45) is 8.43. The Balaban J connectivity index is 1.58. The molecule has 22 heavy (non-hydrogen) atoms. The summed E-state index contributed by atoms with van der Waals surface area (Å²) in [5.74, 6) is 2.54. The molecule has 0 atom stereocenters. The largest absolute Gasteiger partial charge is 0.497 e. The summed E-state index contributed by atoms with van der Waals surface area (Å²) in [7, 11) is 1.62. The minimum atomic E-state index is 0.593. The Hall–Kier alpha value is -1.68. The van der Waals surface area contributed by atoms with Crippen LogP contribution in [0.1, 0.15) is 31.5 Å². The number of rotatable bonds is 9. The number of unbranched alkanes of at least 4 members (excludes halogenated alkanes) is 3. The Morgan fingerprint density at radius 2 is 2.00 bits per heavy atom. The van der Waals surface area contributed by atoms with E-state index in [0.29, 0.717) is 11.6 Å². The van der Waals surface area contributed by atoms with Crippen molar-refractivity contribution in [2.24, 2.45) is 0 Å². The van der Waals surface area contributed by atoms with Crippen molar-refractivity contribution in [2.45, 2.75) is 39.2 Å². The average molecular weight is 323 g/mol. The molecule has 0 amide bonds. The van der Waals surface area contributed by atoms with E-state index in [0.717, 1.165) is 36.7 Å². The van der Waals surface area contributed by atoms with Gasteiger partial charge in [-0.15, -0.1) is 0 Å². The second kappa shape index (κ2) is 8.69. The lowest BCUT2D eigenvalue weighted by molar-refractivity contribution is 0.303. The van der Waals surface area contributed by atoms with Crippen LogP contribution >= 0.6 is 11.6 Å². The van der Waals surface area contributed by atoms with Gasteiger partial charge >= 0.3 is 0 Å². The molecule has 0 aliphatic rings. The average Bonchev–Trinajstić information content (AvgIpc) is 2.93. The summed E-state index contributed by atoms with van der Waals surface area (Å²) < 4.78 is 13.0. The molecule has 0 aliphatic heterocycles. The maximum absolute atomic E-state index is 6.13. The zero-order valence-corrected chi connectivity index (χ0v) is 14.0. The molecule has 0 fully saturated rings. The number of halogens is 1. The number of aromatic nitrogens is 2. The van der Waals surface area contributed by atoms with Crippen molar-refractivity contribution in [1.29, 1.82) is 0 Å². The SMILES string of the molecule is COc1ccc(OCCCCCCn2ccnc2C)c(Cl)c1. The molecule has 2 aromatic rings. The van der Waals surface area contributed by atoms with Crippen LogP contribution < -0.4 is 9.47 Å². The van der Waals surface area contributed by atoms with E-state index in [9.17, 15) is 0 Å². The van der Waals surface area contributed by atoms with Gasteiger partial charge in [-0.1, -0.05) is 24.4 Å². The highest BCUT2D eigenvalue weighted by atomic mass is 35.5. The number of hydrogen-bond acceptors (Lipinski definition) is 3. The first-order valence-electron chi connectivity index (χ1n) is 7.65. The van der Waals surface area contributed by atoms with Crippen LogP contribution in [-0.4, -0.2) is 23.3 Å². The first-order valence-corrected chi connectivity index (χ1v) is 8.02. The molecule has 0 radical (unpaired) electrons. The zero-order chi connectivity index (χ0) is 15.8. The number of aryl methyl sites for hydroxylation is 2. The van der Waals surface area contributed by atoms with Gasteiger partial charge in [-0.3, -0.25) is 0 Å². The molecule has 0 aliphatic carbocycles. The Bertz CT molecular complexity index is 584. The number of ether oxygens (including phenoxy) is 2. The predicted molar refractivity (Wildman–Crippen MR) is 88.9 cm³/mol. The summed E-state index contributed by atoms with van der Waals surface area (Å²) >= 11 is 6.13. The molecular weight excluding hydrogens is 300 g/mol. The molecule has 0 saturated carbocycles. The van der Waals surface area contributed by atoms with Gasteiger partial charge < -0.3 is 14.0 Å². The quantitative estimate of drug-likeness (QED) is 0.638. The smallest absolute Gasteiger partial charge is 0.138 e. The van der Waals surface area contributed by atoms with Crippen molar-refractivity contribution in [3.63, 3.8) is 0 Å². The van der Waals surface area contributed by atoms with E-state index < -0.39 is 0 Å². The van der Waals surface area contributed by atoms with Gasteiger partial charge in [0.1, 0.15) is 17.3 Å². The lowest BCUT2D eigenvalue weighted by Crippen LogP contribution is -2.01. The van der Waals surface area contributed by atoms with Crippen molar-refractivity contribution in [1.82, 2.24) is 9.55 Å². The monoisotopic (exact) mass is 322 g/mol. The molecule has 0 N–H and O–H groups in total. The summed E-state index contributed by atoms with van der Waals surface area (Å²) in [4.78, 5) is 4.22. The molecule has 5 heteroatoms. The van der Waals surface area contributed by atoms with E-state index >= 15 is 0 Å². The summed E-state index contributed by atoms with van der Waals surface area (Å²) in [6, 6.07) is 5.47. The number of methoxy groups -OCH3 is 1. The predicted octanol–water partition coefficient (Wildman–Crippen LogP) is 4.49. The fourth-order valence-corrected chi connectivity index (χ4v) is 2.51. The molecule has 2 rings (SSSR count). The molecule has 120 valence electrons. The summed E-state index contributed by atoms with van der Waals surface area (Å²) in [6.45, 7) is 3.76. The van der Waals surface area contributed by atoms with Crippen molar-refractivity contribution in [3.05, 3.63) is 41.4 Å². The van der Waals surface area contributed by atoms with Gasteiger partial charge in [0.2, 0.25) is 0 Å². The highest BCUT2D eigenvalue weighted by Gasteiger charge is 2.03. The first kappa shape index (κ1) is 16.7. The third-order valence-electron chi connectivity index (χ3n) is 3.61. The lowest BCUT2D eigenvalue weighted by Gasteiger charge is -2.09. The van der Waals surface area contributed by atoms with E-state index in [1.165, 1.54) is 12.8 Å². The van der Waals surface area contributed by atoms with Gasteiger partial charge in [0.05, 0.1) is 18.7 Å². The number of hydrogen-bond donors (Lipinski definition) is 0. The van der Waals surface area contributed by atoms with Gasteiger partial charge in [0.25, 0.3) is 0 Å². The van der Waals surface area contributed by atoms with Crippen LogP contribution in [0, 0.1) is 6.92 Å². The van der Waals surface area contributed by atoms with Crippen molar-refractivity contribution >= 4 is 11.6 Å². The van der Waals surface area contributed by atoms with Crippen molar-refractivity contribution in [3.8, 4) is 11.5 Å². The number of nitrogens with zero attached hydrogens (tertiary/aromatic N) is 2. The normalized spacial score (nSPS) is 10.7. The molecule has 0 unspecified atom stereocenters. The van der Waals surface area contributed by atoms with Gasteiger partial charge in [-0.2, -0.15) is 0 Å². The second-order valence-electron chi connectivity index (χ2n) is 5.23. The van der Waals surface area contributed by atoms with E-state index in [4.69, 9.17) is 21.1 Å². The van der Waals surface area contributed by atoms with Crippen LogP contribution in [0.4, 0.5) is 0 Å². The molecule has 1 heterocycles. The Labute approximate surface area is 137 Å². The van der Waals surface area contributed by atoms with Crippen LogP contribution in [0.2, 0.25) is 5.02 Å². The second-order valence-corrected chi connectivity index (χ2v) is 5.63. The number of benzene rings is 1. The van der Waals surface area contributed by atoms with Crippen LogP contribution in [0.3, 0.4) is 0 Å². The maximum Gasteiger partial charge on any atom is 0.138 e. The highest BCUT2D eigenvalue weighted by molar-refractivity contribution is 6.32. The zero-order valence-electron chi connectivity index (χ0n) is 13.2. The van der Waals surface area contributed by atoms with E-state index in [1.54, 1.807) is 13.2 Å². The minimum Gasteiger partial charge on any atom is -0.497 e. The summed E-state index contributed by atoms with van der Waals surface area (Å²) in [5.41, 5.74) is 0. The van der Waals surface area contributed by atoms with Crippen molar-refractivity contribution in [2.75, 3.05) is 13.7 Å². The van der Waals surface area contributed by atoms with E-state index in [2.05, 4.69) is 9.55 Å². The fraction of sp³-hybridized carbons (Fsp3) is 0.471.